The maximum absolute atomic E-state index is 9.73. The zero-order chi connectivity index (χ0) is 12.5. The lowest BCUT2D eigenvalue weighted by molar-refractivity contribution is 0.126. The van der Waals surface area contributed by atoms with E-state index in [-0.39, 0.29) is 6.10 Å². The lowest BCUT2D eigenvalue weighted by Gasteiger charge is -2.12. The molecule has 0 unspecified atom stereocenters. The van der Waals surface area contributed by atoms with Gasteiger partial charge in [0.25, 0.3) is 0 Å². The van der Waals surface area contributed by atoms with Crippen molar-refractivity contribution >= 4 is 11.8 Å². The number of aryl methyl sites for hydroxylation is 1. The third-order valence-corrected chi connectivity index (χ3v) is 3.58. The predicted octanol–water partition coefficient (Wildman–Crippen LogP) is 3.27. The maximum Gasteiger partial charge on any atom is 0.119 e. The first-order valence-electron chi connectivity index (χ1n) is 6.17. The summed E-state index contributed by atoms with van der Waals surface area (Å²) in [5.74, 6) is 2.71. The Morgan fingerprint density at radius 2 is 2.24 bits per heavy atom. The van der Waals surface area contributed by atoms with Crippen molar-refractivity contribution in [1.29, 1.82) is 0 Å². The monoisotopic (exact) mass is 254 g/mol. The van der Waals surface area contributed by atoms with Crippen molar-refractivity contribution in [1.82, 2.24) is 0 Å². The van der Waals surface area contributed by atoms with Crippen LogP contribution in [0.15, 0.2) is 24.3 Å². The summed E-state index contributed by atoms with van der Waals surface area (Å²) < 4.78 is 5.54. The molecule has 17 heavy (non-hydrogen) atoms. The standard InChI is InChI=1S/C14H22O2S/c1-3-4-8-17-11-13(15)10-16-14-7-5-6-12(2)9-14/h5-7,9,13,15H,3-4,8,10-11H2,1-2H3/t13-/m1/s1. The number of hydrogen-bond donors (Lipinski definition) is 1. The minimum atomic E-state index is -0.377. The molecule has 3 heteroatoms. The van der Waals surface area contributed by atoms with E-state index in [4.69, 9.17) is 4.74 Å². The number of thioether (sulfide) groups is 1. The lowest BCUT2D eigenvalue weighted by Crippen LogP contribution is -2.20. The SMILES string of the molecule is CCCCSC[C@H](O)COc1cccc(C)c1. The molecule has 2 nitrogen and oxygen atoms in total. The summed E-state index contributed by atoms with van der Waals surface area (Å²) in [5, 5.41) is 9.73. The Balaban J connectivity index is 2.17. The second-order valence-corrected chi connectivity index (χ2v) is 5.36. The van der Waals surface area contributed by atoms with Crippen LogP contribution in [0.3, 0.4) is 0 Å². The molecule has 1 aromatic carbocycles. The van der Waals surface area contributed by atoms with E-state index in [0.29, 0.717) is 6.61 Å². The Labute approximate surface area is 108 Å². The predicted molar refractivity (Wildman–Crippen MR) is 74.9 cm³/mol. The first-order chi connectivity index (χ1) is 8.22. The summed E-state index contributed by atoms with van der Waals surface area (Å²) in [7, 11) is 0. The largest absolute Gasteiger partial charge is 0.491 e. The highest BCUT2D eigenvalue weighted by molar-refractivity contribution is 7.99. The molecule has 0 amide bonds. The lowest BCUT2D eigenvalue weighted by atomic mass is 10.2. The van der Waals surface area contributed by atoms with Crippen LogP contribution in [-0.2, 0) is 0 Å². The summed E-state index contributed by atoms with van der Waals surface area (Å²) in [6.45, 7) is 4.59. The summed E-state index contributed by atoms with van der Waals surface area (Å²) in [4.78, 5) is 0. The van der Waals surface area contributed by atoms with E-state index in [2.05, 4.69) is 6.92 Å². The van der Waals surface area contributed by atoms with E-state index in [0.717, 1.165) is 17.3 Å². The number of rotatable bonds is 8. The molecule has 0 fully saturated rings. The van der Waals surface area contributed by atoms with Crippen molar-refractivity contribution in [3.05, 3.63) is 29.8 Å². The van der Waals surface area contributed by atoms with Gasteiger partial charge < -0.3 is 9.84 Å². The minimum absolute atomic E-state index is 0.377. The molecule has 1 N–H and O–H groups in total. The summed E-state index contributed by atoms with van der Waals surface area (Å²) in [6.07, 6.45) is 2.05. The second-order valence-electron chi connectivity index (χ2n) is 4.21. The van der Waals surface area contributed by atoms with Crippen molar-refractivity contribution < 1.29 is 9.84 Å². The van der Waals surface area contributed by atoms with Crippen molar-refractivity contribution in [3.63, 3.8) is 0 Å². The Kier molecular flexibility index (Phi) is 7.13. The molecule has 0 heterocycles. The van der Waals surface area contributed by atoms with Crippen LogP contribution < -0.4 is 4.74 Å². The summed E-state index contributed by atoms with van der Waals surface area (Å²) in [6, 6.07) is 7.90. The number of aliphatic hydroxyl groups excluding tert-OH is 1. The van der Waals surface area contributed by atoms with E-state index in [9.17, 15) is 5.11 Å². The van der Waals surface area contributed by atoms with Crippen LogP contribution >= 0.6 is 11.8 Å². The van der Waals surface area contributed by atoms with Gasteiger partial charge in [0.1, 0.15) is 12.4 Å². The Morgan fingerprint density at radius 3 is 2.94 bits per heavy atom. The fourth-order valence-electron chi connectivity index (χ4n) is 1.41. The molecule has 0 aromatic heterocycles. The van der Waals surface area contributed by atoms with E-state index >= 15 is 0 Å². The van der Waals surface area contributed by atoms with Crippen molar-refractivity contribution in [2.75, 3.05) is 18.1 Å². The van der Waals surface area contributed by atoms with Crippen molar-refractivity contribution in [2.24, 2.45) is 0 Å². The molecule has 0 aliphatic carbocycles. The maximum atomic E-state index is 9.73. The van der Waals surface area contributed by atoms with Crippen LogP contribution in [0.4, 0.5) is 0 Å². The molecule has 0 spiro atoms. The molecule has 1 atom stereocenters. The minimum Gasteiger partial charge on any atom is -0.491 e. The van der Waals surface area contributed by atoms with Crippen LogP contribution in [0.5, 0.6) is 5.75 Å². The van der Waals surface area contributed by atoms with Gasteiger partial charge in [-0.25, -0.2) is 0 Å². The number of benzene rings is 1. The smallest absolute Gasteiger partial charge is 0.119 e. The number of aliphatic hydroxyl groups is 1. The van der Waals surface area contributed by atoms with Gasteiger partial charge in [-0.3, -0.25) is 0 Å². The molecule has 0 radical (unpaired) electrons. The average molecular weight is 254 g/mol. The van der Waals surface area contributed by atoms with Crippen molar-refractivity contribution in [2.45, 2.75) is 32.8 Å². The molecule has 96 valence electrons. The van der Waals surface area contributed by atoms with Gasteiger partial charge in [0, 0.05) is 5.75 Å². The summed E-state index contributed by atoms with van der Waals surface area (Å²) >= 11 is 1.79. The average Bonchev–Trinajstić information content (AvgIpc) is 2.32. The number of hydrogen-bond acceptors (Lipinski definition) is 3. The highest BCUT2D eigenvalue weighted by Gasteiger charge is 2.05. The van der Waals surface area contributed by atoms with Crippen molar-refractivity contribution in [3.8, 4) is 5.75 Å². The van der Waals surface area contributed by atoms with Crippen LogP contribution in [0.2, 0.25) is 0 Å². The van der Waals surface area contributed by atoms with Crippen LogP contribution in [0.1, 0.15) is 25.3 Å². The van der Waals surface area contributed by atoms with Gasteiger partial charge in [0.05, 0.1) is 6.10 Å². The third-order valence-electron chi connectivity index (χ3n) is 2.38. The normalized spacial score (nSPS) is 12.4. The van der Waals surface area contributed by atoms with Gasteiger partial charge >= 0.3 is 0 Å². The summed E-state index contributed by atoms with van der Waals surface area (Å²) in [5.41, 5.74) is 1.18. The van der Waals surface area contributed by atoms with Gasteiger partial charge in [-0.1, -0.05) is 25.5 Å². The fraction of sp³-hybridized carbons (Fsp3) is 0.571. The quantitative estimate of drug-likeness (QED) is 0.722. The fourth-order valence-corrected chi connectivity index (χ4v) is 2.44. The Morgan fingerprint density at radius 1 is 1.41 bits per heavy atom. The third kappa shape index (κ3) is 6.59. The Bertz CT molecular complexity index is 315. The first kappa shape index (κ1) is 14.4. The van der Waals surface area contributed by atoms with Crippen LogP contribution in [0, 0.1) is 6.92 Å². The molecular formula is C14H22O2S. The number of unbranched alkanes of at least 4 members (excludes halogenated alkanes) is 1. The van der Waals surface area contributed by atoms with Gasteiger partial charge in [0.15, 0.2) is 0 Å². The molecular weight excluding hydrogens is 232 g/mol. The van der Waals surface area contributed by atoms with Gasteiger partial charge in [-0.05, 0) is 36.8 Å². The highest BCUT2D eigenvalue weighted by atomic mass is 32.2. The molecule has 0 saturated carbocycles. The van der Waals surface area contributed by atoms with E-state index < -0.39 is 0 Å². The molecule has 1 aromatic rings. The molecule has 0 saturated heterocycles. The molecule has 0 bridgehead atoms. The van der Waals surface area contributed by atoms with Gasteiger partial charge in [0.2, 0.25) is 0 Å². The molecule has 0 aliphatic heterocycles. The zero-order valence-corrected chi connectivity index (χ0v) is 11.5. The number of ether oxygens (including phenoxy) is 1. The zero-order valence-electron chi connectivity index (χ0n) is 10.7. The Hall–Kier alpha value is -0.670. The van der Waals surface area contributed by atoms with Gasteiger partial charge in [-0.15, -0.1) is 0 Å². The molecule has 1 rings (SSSR count). The van der Waals surface area contributed by atoms with Crippen LogP contribution in [-0.4, -0.2) is 29.3 Å². The van der Waals surface area contributed by atoms with E-state index in [1.54, 1.807) is 11.8 Å². The van der Waals surface area contributed by atoms with Gasteiger partial charge in [-0.2, -0.15) is 11.8 Å². The highest BCUT2D eigenvalue weighted by Crippen LogP contribution is 2.13. The second kappa shape index (κ2) is 8.43. The van der Waals surface area contributed by atoms with E-state index in [1.807, 2.05) is 31.2 Å². The van der Waals surface area contributed by atoms with E-state index in [1.165, 1.54) is 18.4 Å². The first-order valence-corrected chi connectivity index (χ1v) is 7.33. The van der Waals surface area contributed by atoms with Crippen LogP contribution in [0.25, 0.3) is 0 Å². The molecule has 0 aliphatic rings. The topological polar surface area (TPSA) is 29.5 Å².